The van der Waals surface area contributed by atoms with E-state index >= 15 is 0 Å². The van der Waals surface area contributed by atoms with Crippen molar-refractivity contribution in [1.29, 1.82) is 5.26 Å². The molecule has 0 saturated heterocycles. The minimum atomic E-state index is -0.716. The van der Waals surface area contributed by atoms with E-state index in [1.807, 2.05) is 12.1 Å². The van der Waals surface area contributed by atoms with E-state index in [-0.39, 0.29) is 0 Å². The molecule has 1 aliphatic carbocycles. The van der Waals surface area contributed by atoms with Crippen molar-refractivity contribution in [3.63, 3.8) is 0 Å². The van der Waals surface area contributed by atoms with Crippen LogP contribution >= 0.6 is 0 Å². The summed E-state index contributed by atoms with van der Waals surface area (Å²) in [5.74, 6) is 1.33. The summed E-state index contributed by atoms with van der Waals surface area (Å²) in [4.78, 5) is 0. The SMILES string of the molecule is N#Cc1ccccc1OCCCS(=O)C1CCCCC1. The number of rotatable bonds is 6. The topological polar surface area (TPSA) is 50.1 Å². The molecule has 0 bridgehead atoms. The van der Waals surface area contributed by atoms with Crippen LogP contribution in [0, 0.1) is 11.3 Å². The zero-order chi connectivity index (χ0) is 14.2. The molecular weight excluding hydrogens is 270 g/mol. The van der Waals surface area contributed by atoms with Crippen LogP contribution in [-0.4, -0.2) is 21.8 Å². The van der Waals surface area contributed by atoms with Gasteiger partial charge in [0.25, 0.3) is 0 Å². The second-order valence-corrected chi connectivity index (χ2v) is 6.99. The molecule has 0 amide bonds. The molecule has 0 aliphatic heterocycles. The lowest BCUT2D eigenvalue weighted by Crippen LogP contribution is -2.21. The van der Waals surface area contributed by atoms with Crippen molar-refractivity contribution in [2.24, 2.45) is 0 Å². The summed E-state index contributed by atoms with van der Waals surface area (Å²) in [6, 6.07) is 9.34. The maximum absolute atomic E-state index is 12.1. The maximum atomic E-state index is 12.1. The summed E-state index contributed by atoms with van der Waals surface area (Å²) in [6.07, 6.45) is 6.75. The third kappa shape index (κ3) is 4.35. The summed E-state index contributed by atoms with van der Waals surface area (Å²) >= 11 is 0. The predicted molar refractivity (Wildman–Crippen MR) is 81.2 cm³/mol. The van der Waals surface area contributed by atoms with Gasteiger partial charge < -0.3 is 4.74 Å². The van der Waals surface area contributed by atoms with E-state index in [4.69, 9.17) is 10.00 Å². The first-order valence-corrected chi connectivity index (χ1v) is 8.68. The van der Waals surface area contributed by atoms with Crippen LogP contribution in [-0.2, 0) is 10.8 Å². The average Bonchev–Trinajstić information content (AvgIpc) is 2.52. The minimum Gasteiger partial charge on any atom is -0.492 e. The lowest BCUT2D eigenvalue weighted by molar-refractivity contribution is 0.317. The second-order valence-electron chi connectivity index (χ2n) is 5.15. The van der Waals surface area contributed by atoms with Gasteiger partial charge in [0.1, 0.15) is 11.8 Å². The highest BCUT2D eigenvalue weighted by Crippen LogP contribution is 2.22. The maximum Gasteiger partial charge on any atom is 0.137 e. The monoisotopic (exact) mass is 291 g/mol. The van der Waals surface area contributed by atoms with Gasteiger partial charge in [0.15, 0.2) is 0 Å². The van der Waals surface area contributed by atoms with Crippen molar-refractivity contribution in [1.82, 2.24) is 0 Å². The zero-order valence-corrected chi connectivity index (χ0v) is 12.5. The lowest BCUT2D eigenvalue weighted by atomic mass is 10.0. The van der Waals surface area contributed by atoms with Gasteiger partial charge in [-0.1, -0.05) is 31.4 Å². The van der Waals surface area contributed by atoms with Gasteiger partial charge in [0.2, 0.25) is 0 Å². The average molecular weight is 291 g/mol. The normalized spacial score (nSPS) is 17.4. The van der Waals surface area contributed by atoms with E-state index in [9.17, 15) is 4.21 Å². The first kappa shape index (κ1) is 15.1. The Bertz CT molecular complexity index is 489. The van der Waals surface area contributed by atoms with Crippen LogP contribution in [0.15, 0.2) is 24.3 Å². The van der Waals surface area contributed by atoms with Gasteiger partial charge in [-0.05, 0) is 31.4 Å². The molecule has 1 fully saturated rings. The highest BCUT2D eigenvalue weighted by molar-refractivity contribution is 7.85. The first-order valence-electron chi connectivity index (χ1n) is 7.30. The molecule has 0 N–H and O–H groups in total. The standard InChI is InChI=1S/C16H21NO2S/c17-13-14-7-4-5-10-16(14)19-11-6-12-20(18)15-8-2-1-3-9-15/h4-5,7,10,15H,1-3,6,8-9,11-12H2. The zero-order valence-electron chi connectivity index (χ0n) is 11.7. The van der Waals surface area contributed by atoms with Gasteiger partial charge >= 0.3 is 0 Å². The van der Waals surface area contributed by atoms with Crippen molar-refractivity contribution in [3.8, 4) is 11.8 Å². The minimum absolute atomic E-state index is 0.398. The van der Waals surface area contributed by atoms with Crippen LogP contribution < -0.4 is 4.74 Å². The Kier molecular flexibility index (Phi) is 6.07. The molecule has 2 rings (SSSR count). The molecule has 1 aliphatic rings. The van der Waals surface area contributed by atoms with Crippen molar-refractivity contribution in [2.75, 3.05) is 12.4 Å². The number of para-hydroxylation sites is 1. The van der Waals surface area contributed by atoms with Crippen LogP contribution in [0.4, 0.5) is 0 Å². The molecule has 108 valence electrons. The molecule has 3 nitrogen and oxygen atoms in total. The fourth-order valence-electron chi connectivity index (χ4n) is 2.56. The fourth-order valence-corrected chi connectivity index (χ4v) is 4.16. The van der Waals surface area contributed by atoms with Crippen LogP contribution in [0.5, 0.6) is 5.75 Å². The van der Waals surface area contributed by atoms with Gasteiger partial charge in [0.05, 0.1) is 12.2 Å². The third-order valence-electron chi connectivity index (χ3n) is 3.68. The molecule has 1 aromatic carbocycles. The summed E-state index contributed by atoms with van der Waals surface area (Å²) in [5.41, 5.74) is 0.556. The molecule has 1 atom stereocenters. The van der Waals surface area contributed by atoms with Crippen LogP contribution in [0.3, 0.4) is 0 Å². The first-order chi connectivity index (χ1) is 9.81. The molecular formula is C16H21NO2S. The summed E-state index contributed by atoms with van der Waals surface area (Å²) in [7, 11) is -0.716. The summed E-state index contributed by atoms with van der Waals surface area (Å²) in [6.45, 7) is 0.525. The molecule has 0 radical (unpaired) electrons. The van der Waals surface area contributed by atoms with E-state index in [1.54, 1.807) is 12.1 Å². The number of nitriles is 1. The molecule has 0 spiro atoms. The molecule has 20 heavy (non-hydrogen) atoms. The number of ether oxygens (including phenoxy) is 1. The predicted octanol–water partition coefficient (Wildman–Crippen LogP) is 3.41. The Hall–Kier alpha value is -1.34. The fraction of sp³-hybridized carbons (Fsp3) is 0.562. The van der Waals surface area contributed by atoms with Crippen LogP contribution in [0.1, 0.15) is 44.1 Å². The molecule has 0 aromatic heterocycles. The van der Waals surface area contributed by atoms with Gasteiger partial charge in [-0.25, -0.2) is 0 Å². The molecule has 1 saturated carbocycles. The molecule has 4 heteroatoms. The third-order valence-corrected chi connectivity index (χ3v) is 5.58. The highest BCUT2D eigenvalue weighted by Gasteiger charge is 2.19. The Labute approximate surface area is 123 Å². The van der Waals surface area contributed by atoms with Gasteiger partial charge in [-0.15, -0.1) is 0 Å². The Balaban J connectivity index is 1.71. The molecule has 0 heterocycles. The quantitative estimate of drug-likeness (QED) is 0.755. The van der Waals surface area contributed by atoms with Crippen LogP contribution in [0.25, 0.3) is 0 Å². The number of hydrogen-bond acceptors (Lipinski definition) is 3. The number of hydrogen-bond donors (Lipinski definition) is 0. The van der Waals surface area contributed by atoms with Crippen molar-refractivity contribution in [2.45, 2.75) is 43.8 Å². The van der Waals surface area contributed by atoms with Gasteiger partial charge in [-0.2, -0.15) is 5.26 Å². The van der Waals surface area contributed by atoms with E-state index in [2.05, 4.69) is 6.07 Å². The van der Waals surface area contributed by atoms with Crippen molar-refractivity contribution >= 4 is 10.8 Å². The molecule has 1 aromatic rings. The van der Waals surface area contributed by atoms with Crippen LogP contribution in [0.2, 0.25) is 0 Å². The summed E-state index contributed by atoms with van der Waals surface area (Å²) in [5, 5.41) is 9.35. The van der Waals surface area contributed by atoms with E-state index in [1.165, 1.54) is 19.3 Å². The Morgan fingerprint density at radius 2 is 2.00 bits per heavy atom. The lowest BCUT2D eigenvalue weighted by Gasteiger charge is -2.20. The highest BCUT2D eigenvalue weighted by atomic mass is 32.2. The number of benzene rings is 1. The van der Waals surface area contributed by atoms with Crippen molar-refractivity contribution in [3.05, 3.63) is 29.8 Å². The molecule has 1 unspecified atom stereocenters. The number of nitrogens with zero attached hydrogens (tertiary/aromatic N) is 1. The van der Waals surface area contributed by atoms with E-state index in [0.717, 1.165) is 19.3 Å². The van der Waals surface area contributed by atoms with Gasteiger partial charge in [-0.3, -0.25) is 4.21 Å². The van der Waals surface area contributed by atoms with Crippen molar-refractivity contribution < 1.29 is 8.95 Å². The Morgan fingerprint density at radius 1 is 1.25 bits per heavy atom. The smallest absolute Gasteiger partial charge is 0.137 e. The Morgan fingerprint density at radius 3 is 2.75 bits per heavy atom. The second kappa shape index (κ2) is 8.06. The van der Waals surface area contributed by atoms with E-state index in [0.29, 0.717) is 28.9 Å². The largest absolute Gasteiger partial charge is 0.492 e. The van der Waals surface area contributed by atoms with Gasteiger partial charge in [0, 0.05) is 21.8 Å². The summed E-state index contributed by atoms with van der Waals surface area (Å²) < 4.78 is 17.7. The van der Waals surface area contributed by atoms with E-state index < -0.39 is 10.8 Å².